The van der Waals surface area contributed by atoms with Crippen LogP contribution in [-0.2, 0) is 14.4 Å². The van der Waals surface area contributed by atoms with Crippen molar-refractivity contribution in [2.45, 2.75) is 119 Å². The molecule has 1 amide bonds. The average molecular weight is 716 g/mol. The number of hydrogen-bond donors (Lipinski definition) is 3. The van der Waals surface area contributed by atoms with Gasteiger partial charge >= 0.3 is 5.97 Å². The molecule has 5 saturated carbocycles. The molecule has 8 heteroatoms. The van der Waals surface area contributed by atoms with E-state index >= 15 is 0 Å². The van der Waals surface area contributed by atoms with Crippen LogP contribution < -0.4 is 11.1 Å². The normalized spacial score (nSPS) is 40.6. The van der Waals surface area contributed by atoms with Gasteiger partial charge in [0.25, 0.3) is 5.91 Å². The molecule has 286 valence electrons. The van der Waals surface area contributed by atoms with E-state index in [1.165, 1.54) is 38.3 Å². The maximum absolute atomic E-state index is 13.8. The van der Waals surface area contributed by atoms with Crippen molar-refractivity contribution >= 4 is 23.4 Å². The maximum Gasteiger partial charge on any atom is 0.306 e. The Morgan fingerprint density at radius 3 is 2.29 bits per heavy atom. The Bertz CT molecular complexity index is 1570. The summed E-state index contributed by atoms with van der Waals surface area (Å²) in [6.45, 7) is 14.5. The van der Waals surface area contributed by atoms with Gasteiger partial charge in [-0.05, 0) is 147 Å². The Kier molecular flexibility index (Phi) is 11.0. The molecular weight excluding hydrogens is 651 g/mol. The smallest absolute Gasteiger partial charge is 0.306 e. The summed E-state index contributed by atoms with van der Waals surface area (Å²) >= 11 is 0. The van der Waals surface area contributed by atoms with E-state index < -0.39 is 5.97 Å². The van der Waals surface area contributed by atoms with Crippen molar-refractivity contribution in [3.63, 3.8) is 0 Å². The number of fused-ring (bicyclic) bond motifs is 7. The number of hydrogen-bond acceptors (Lipinski definition) is 6. The highest BCUT2D eigenvalue weighted by atomic mass is 16.4. The first-order valence-electron chi connectivity index (χ1n) is 20.5. The van der Waals surface area contributed by atoms with E-state index in [0.717, 1.165) is 37.7 Å². The number of nitrogens with zero attached hydrogens (tertiary/aromatic N) is 1. The summed E-state index contributed by atoms with van der Waals surface area (Å²) in [5, 5.41) is 12.6. The number of pyridine rings is 1. The van der Waals surface area contributed by atoms with Gasteiger partial charge in [-0.25, -0.2) is 0 Å². The topological polar surface area (TPSA) is 139 Å². The van der Waals surface area contributed by atoms with Crippen molar-refractivity contribution in [3.05, 3.63) is 41.2 Å². The van der Waals surface area contributed by atoms with Crippen LogP contribution in [0, 0.1) is 75.4 Å². The van der Waals surface area contributed by atoms with Gasteiger partial charge < -0.3 is 16.2 Å². The number of nitrogens with one attached hydrogen (secondary N) is 1. The molecule has 12 unspecified atom stereocenters. The molecule has 6 aliphatic rings. The summed E-state index contributed by atoms with van der Waals surface area (Å²) in [6, 6.07) is 5.40. The van der Waals surface area contributed by atoms with E-state index in [2.05, 4.69) is 50.7 Å². The van der Waals surface area contributed by atoms with Gasteiger partial charge in [0.15, 0.2) is 5.78 Å². The SMILES string of the molecule is CC(C)C1=C2C3CCC4C(C)(CCC5C(C)C(CC(=O)C6CC(C(=O)O)C6C)CCC54C)C3CCC2(CCNC(=O)c2ccccn2)CC1=O.CN. The standard InChI is InChI=1S/C43H60N2O5.CH5N/c1-24(2)37-35(47)23-43(18-20-45-39(48)33-9-7-8-19-44-33)17-14-32-28(38(37)43)10-11-36-41(5)15-12-27(25(3)31(41)13-16-42(32,36)6)21-34(46)29-22-30(26(29)4)40(49)50;1-2/h7-9,19,24-32,36H,10-18,20-23H2,1-6H3,(H,45,48)(H,49,50);2H2,1H3. The van der Waals surface area contributed by atoms with Crippen molar-refractivity contribution in [2.75, 3.05) is 13.6 Å². The third-order valence-electron chi connectivity index (χ3n) is 16.3. The molecule has 0 spiro atoms. The number of nitrogens with two attached hydrogens (primary N) is 1. The second kappa shape index (κ2) is 14.8. The Morgan fingerprint density at radius 1 is 0.942 bits per heavy atom. The maximum atomic E-state index is 13.8. The van der Waals surface area contributed by atoms with Crippen LogP contribution in [0.1, 0.15) is 129 Å². The Labute approximate surface area is 311 Å². The third kappa shape index (κ3) is 6.30. The average Bonchev–Trinajstić information content (AvgIpc) is 3.42. The van der Waals surface area contributed by atoms with Gasteiger partial charge in [0.2, 0.25) is 0 Å². The van der Waals surface area contributed by atoms with Crippen LogP contribution in [0.15, 0.2) is 35.5 Å². The molecule has 4 N–H and O–H groups in total. The highest BCUT2D eigenvalue weighted by molar-refractivity contribution is 6.00. The van der Waals surface area contributed by atoms with Gasteiger partial charge in [0, 0.05) is 36.9 Å². The first kappa shape index (κ1) is 38.8. The predicted octanol–water partition coefficient (Wildman–Crippen LogP) is 7.91. The first-order valence-corrected chi connectivity index (χ1v) is 20.5. The molecule has 0 aromatic carbocycles. The molecule has 12 atom stereocenters. The fourth-order valence-corrected chi connectivity index (χ4v) is 13.7. The summed E-state index contributed by atoms with van der Waals surface area (Å²) in [4.78, 5) is 55.9. The van der Waals surface area contributed by atoms with Crippen LogP contribution in [0.5, 0.6) is 0 Å². The van der Waals surface area contributed by atoms with E-state index in [-0.39, 0.29) is 45.8 Å². The van der Waals surface area contributed by atoms with Gasteiger partial charge in [0.05, 0.1) is 5.92 Å². The lowest BCUT2D eigenvalue weighted by Crippen LogP contribution is -2.60. The molecular formula is C44H65N3O5. The van der Waals surface area contributed by atoms with Crippen molar-refractivity contribution in [2.24, 2.45) is 81.2 Å². The number of carbonyl (C=O) groups is 4. The highest BCUT2D eigenvalue weighted by Crippen LogP contribution is 2.72. The second-order valence-corrected chi connectivity index (χ2v) is 18.6. The molecule has 8 nitrogen and oxygen atoms in total. The molecule has 1 aromatic heterocycles. The lowest BCUT2D eigenvalue weighted by Gasteiger charge is -2.67. The summed E-state index contributed by atoms with van der Waals surface area (Å²) < 4.78 is 0. The Morgan fingerprint density at radius 2 is 1.63 bits per heavy atom. The highest BCUT2D eigenvalue weighted by Gasteiger charge is 2.64. The summed E-state index contributed by atoms with van der Waals surface area (Å²) in [5.74, 6) is 2.61. The number of carboxylic acid groups (broad SMARTS) is 1. The molecule has 1 aromatic rings. The molecule has 7 rings (SSSR count). The molecule has 0 radical (unpaired) electrons. The molecule has 52 heavy (non-hydrogen) atoms. The van der Waals surface area contributed by atoms with Crippen LogP contribution in [0.25, 0.3) is 0 Å². The summed E-state index contributed by atoms with van der Waals surface area (Å²) in [6.07, 6.45) is 13.4. The van der Waals surface area contributed by atoms with Crippen molar-refractivity contribution in [3.8, 4) is 0 Å². The monoisotopic (exact) mass is 715 g/mol. The number of aromatic nitrogens is 1. The van der Waals surface area contributed by atoms with Crippen LogP contribution in [-0.4, -0.2) is 47.1 Å². The number of aliphatic carboxylic acids is 1. The zero-order valence-corrected chi connectivity index (χ0v) is 32.9. The zero-order valence-electron chi connectivity index (χ0n) is 32.9. The quantitative estimate of drug-likeness (QED) is 0.236. The fourth-order valence-electron chi connectivity index (χ4n) is 13.7. The van der Waals surface area contributed by atoms with Gasteiger partial charge in [-0.2, -0.15) is 0 Å². The molecule has 6 aliphatic carbocycles. The van der Waals surface area contributed by atoms with Crippen LogP contribution in [0.4, 0.5) is 0 Å². The zero-order chi connectivity index (χ0) is 37.7. The second-order valence-electron chi connectivity index (χ2n) is 18.6. The number of ketones is 2. The number of carboxylic acids is 1. The van der Waals surface area contributed by atoms with Gasteiger partial charge in [-0.1, -0.05) is 53.2 Å². The minimum Gasteiger partial charge on any atom is -0.481 e. The van der Waals surface area contributed by atoms with Crippen molar-refractivity contribution < 1.29 is 24.3 Å². The lowest BCUT2D eigenvalue weighted by molar-refractivity contribution is -0.172. The summed E-state index contributed by atoms with van der Waals surface area (Å²) in [5.41, 5.74) is 7.83. The third-order valence-corrected chi connectivity index (χ3v) is 16.3. The first-order chi connectivity index (χ1) is 24.7. The van der Waals surface area contributed by atoms with E-state index in [4.69, 9.17) is 0 Å². The number of Topliss-reactive ketones (excluding diaryl/α,β-unsaturated/α-hetero) is 2. The fraction of sp³-hybridized carbons (Fsp3) is 0.750. The molecule has 0 saturated heterocycles. The van der Waals surface area contributed by atoms with E-state index in [0.29, 0.717) is 78.6 Å². The molecule has 5 fully saturated rings. The lowest BCUT2D eigenvalue weighted by atomic mass is 9.37. The van der Waals surface area contributed by atoms with Gasteiger partial charge in [-0.15, -0.1) is 0 Å². The number of allylic oxidation sites excluding steroid dienone is 2. The minimum absolute atomic E-state index is 0.0456. The van der Waals surface area contributed by atoms with Gasteiger partial charge in [0.1, 0.15) is 11.5 Å². The Hall–Kier alpha value is -2.87. The molecule has 0 aliphatic heterocycles. The van der Waals surface area contributed by atoms with Crippen LogP contribution in [0.3, 0.4) is 0 Å². The minimum atomic E-state index is -0.756. The predicted molar refractivity (Wildman–Crippen MR) is 203 cm³/mol. The largest absolute Gasteiger partial charge is 0.481 e. The van der Waals surface area contributed by atoms with E-state index in [1.807, 2.05) is 19.1 Å². The van der Waals surface area contributed by atoms with Crippen molar-refractivity contribution in [1.82, 2.24) is 10.3 Å². The van der Waals surface area contributed by atoms with E-state index in [1.54, 1.807) is 12.3 Å². The Balaban J connectivity index is 0.00000228. The summed E-state index contributed by atoms with van der Waals surface area (Å²) in [7, 11) is 1.50. The molecule has 0 bridgehead atoms. The number of rotatable bonds is 9. The van der Waals surface area contributed by atoms with E-state index in [9.17, 15) is 24.3 Å². The van der Waals surface area contributed by atoms with Gasteiger partial charge in [-0.3, -0.25) is 24.2 Å². The number of carbonyl (C=O) groups excluding carboxylic acids is 3. The van der Waals surface area contributed by atoms with Crippen molar-refractivity contribution in [1.29, 1.82) is 0 Å². The van der Waals surface area contributed by atoms with Crippen LogP contribution in [0.2, 0.25) is 0 Å². The molecule has 1 heterocycles. The number of amides is 1. The van der Waals surface area contributed by atoms with Crippen LogP contribution >= 0.6 is 0 Å².